The first-order valence-corrected chi connectivity index (χ1v) is 10.8. The second-order valence-electron chi connectivity index (χ2n) is 7.66. The largest absolute Gasteiger partial charge is 0.364 e. The number of hydrogen-bond donors (Lipinski definition) is 2. The number of fused-ring (bicyclic) bond motifs is 1. The third-order valence-corrected chi connectivity index (χ3v) is 5.73. The van der Waals surface area contributed by atoms with Crippen LogP contribution in [-0.4, -0.2) is 45.0 Å². The van der Waals surface area contributed by atoms with Crippen molar-refractivity contribution in [1.29, 1.82) is 0 Å². The fourth-order valence-electron chi connectivity index (χ4n) is 3.45. The first-order chi connectivity index (χ1) is 15.7. The number of hydrogen-bond acceptors (Lipinski definition) is 4. The van der Waals surface area contributed by atoms with Gasteiger partial charge in [-0.1, -0.05) is 48.9 Å². The maximum Gasteiger partial charge on any atom is 0.269 e. The lowest BCUT2D eigenvalue weighted by molar-refractivity contribution is -0.138. The van der Waals surface area contributed by atoms with E-state index in [9.17, 15) is 18.8 Å². The number of aromatic nitrogens is 2. The van der Waals surface area contributed by atoms with Crippen molar-refractivity contribution in [2.45, 2.75) is 39.4 Å². The molecule has 1 atom stereocenters. The number of primary amides is 1. The number of benzene rings is 2. The Balaban J connectivity index is 1.74. The van der Waals surface area contributed by atoms with E-state index >= 15 is 0 Å². The number of rotatable bonds is 9. The van der Waals surface area contributed by atoms with E-state index in [2.05, 4.69) is 10.4 Å². The van der Waals surface area contributed by atoms with Crippen LogP contribution < -0.4 is 11.1 Å². The van der Waals surface area contributed by atoms with Gasteiger partial charge < -0.3 is 16.0 Å². The average molecular weight is 474 g/mol. The lowest BCUT2D eigenvalue weighted by atomic mass is 10.2. The van der Waals surface area contributed by atoms with Crippen LogP contribution >= 0.6 is 11.6 Å². The van der Waals surface area contributed by atoms with Crippen LogP contribution in [0.1, 0.15) is 36.3 Å². The normalized spacial score (nSPS) is 11.9. The van der Waals surface area contributed by atoms with Crippen LogP contribution in [0.4, 0.5) is 4.39 Å². The molecule has 0 aliphatic heterocycles. The third kappa shape index (κ3) is 5.48. The SMILES string of the molecule is CCC(C)N(CC(=O)NCc1cccc(Cl)c1F)C(=O)Cn1nc(C(N)=O)c2ccccc21. The van der Waals surface area contributed by atoms with Gasteiger partial charge in [-0.25, -0.2) is 4.39 Å². The van der Waals surface area contributed by atoms with Gasteiger partial charge in [0.05, 0.1) is 17.1 Å². The van der Waals surface area contributed by atoms with E-state index in [-0.39, 0.29) is 47.9 Å². The molecule has 0 saturated heterocycles. The molecule has 0 spiro atoms. The predicted octanol–water partition coefficient (Wildman–Crippen LogP) is 2.87. The standard InChI is InChI=1S/C23H25ClFN5O3/c1-3-14(2)29(12-19(31)27-11-15-7-6-9-17(24)21(15)25)20(32)13-30-18-10-5-4-8-16(18)22(28-30)23(26)33/h4-10,14H,3,11-13H2,1-2H3,(H2,26,33)(H,27,31). The summed E-state index contributed by atoms with van der Waals surface area (Å²) in [5.74, 6) is -2.07. The minimum absolute atomic E-state index is 0.0278. The summed E-state index contributed by atoms with van der Waals surface area (Å²) in [5, 5.41) is 7.36. The van der Waals surface area contributed by atoms with E-state index in [1.165, 1.54) is 21.7 Å². The summed E-state index contributed by atoms with van der Waals surface area (Å²) < 4.78 is 15.5. The summed E-state index contributed by atoms with van der Waals surface area (Å²) >= 11 is 5.78. The number of nitrogens with two attached hydrogens (primary N) is 1. The molecule has 33 heavy (non-hydrogen) atoms. The Hall–Kier alpha value is -3.46. The van der Waals surface area contributed by atoms with Crippen molar-refractivity contribution >= 4 is 40.2 Å². The lowest BCUT2D eigenvalue weighted by Gasteiger charge is -2.28. The summed E-state index contributed by atoms with van der Waals surface area (Å²) in [5.41, 5.74) is 6.34. The van der Waals surface area contributed by atoms with Crippen LogP contribution in [0.3, 0.4) is 0 Å². The molecular weight excluding hydrogens is 449 g/mol. The Morgan fingerprint density at radius 3 is 2.64 bits per heavy atom. The molecule has 0 aliphatic rings. The number of para-hydroxylation sites is 1. The number of carbonyl (C=O) groups excluding carboxylic acids is 3. The molecule has 1 heterocycles. The highest BCUT2D eigenvalue weighted by Gasteiger charge is 2.24. The van der Waals surface area contributed by atoms with Crippen molar-refractivity contribution < 1.29 is 18.8 Å². The summed E-state index contributed by atoms with van der Waals surface area (Å²) in [4.78, 5) is 38.9. The van der Waals surface area contributed by atoms with Crippen LogP contribution in [-0.2, 0) is 22.7 Å². The first-order valence-electron chi connectivity index (χ1n) is 10.5. The van der Waals surface area contributed by atoms with Crippen LogP contribution in [0.5, 0.6) is 0 Å². The molecule has 3 aromatic rings. The van der Waals surface area contributed by atoms with Gasteiger partial charge in [-0.05, 0) is 25.5 Å². The molecular formula is C23H25ClFN5O3. The highest BCUT2D eigenvalue weighted by molar-refractivity contribution is 6.30. The van der Waals surface area contributed by atoms with Crippen LogP contribution in [0.15, 0.2) is 42.5 Å². The molecule has 3 N–H and O–H groups in total. The summed E-state index contributed by atoms with van der Waals surface area (Å²) in [6, 6.07) is 11.3. The lowest BCUT2D eigenvalue weighted by Crippen LogP contribution is -2.46. The summed E-state index contributed by atoms with van der Waals surface area (Å²) in [7, 11) is 0. The van der Waals surface area contributed by atoms with Gasteiger partial charge in [0.25, 0.3) is 5.91 Å². The molecule has 0 bridgehead atoms. The molecule has 3 rings (SSSR count). The molecule has 1 aromatic heterocycles. The molecule has 10 heteroatoms. The van der Waals surface area contributed by atoms with Gasteiger partial charge in [0.1, 0.15) is 12.4 Å². The number of halogens is 2. The minimum Gasteiger partial charge on any atom is -0.364 e. The van der Waals surface area contributed by atoms with E-state index < -0.39 is 17.6 Å². The van der Waals surface area contributed by atoms with E-state index in [1.807, 2.05) is 13.8 Å². The Bertz CT molecular complexity index is 1200. The molecule has 174 valence electrons. The zero-order valence-corrected chi connectivity index (χ0v) is 19.1. The van der Waals surface area contributed by atoms with E-state index in [4.69, 9.17) is 17.3 Å². The Morgan fingerprint density at radius 2 is 1.94 bits per heavy atom. The maximum absolute atomic E-state index is 14.1. The zero-order chi connectivity index (χ0) is 24.1. The minimum atomic E-state index is -0.691. The highest BCUT2D eigenvalue weighted by Crippen LogP contribution is 2.19. The number of nitrogens with zero attached hydrogens (tertiary/aromatic N) is 3. The number of nitrogens with one attached hydrogen (secondary N) is 1. The van der Waals surface area contributed by atoms with E-state index in [1.54, 1.807) is 30.3 Å². The van der Waals surface area contributed by atoms with Gasteiger partial charge >= 0.3 is 0 Å². The zero-order valence-electron chi connectivity index (χ0n) is 18.3. The van der Waals surface area contributed by atoms with Crippen LogP contribution in [0.2, 0.25) is 5.02 Å². The van der Waals surface area contributed by atoms with Crippen molar-refractivity contribution in [3.63, 3.8) is 0 Å². The van der Waals surface area contributed by atoms with Crippen molar-refractivity contribution in [3.05, 3.63) is 64.6 Å². The summed E-state index contributed by atoms with van der Waals surface area (Å²) in [6.07, 6.45) is 0.619. The van der Waals surface area contributed by atoms with Crippen molar-refractivity contribution in [2.75, 3.05) is 6.54 Å². The smallest absolute Gasteiger partial charge is 0.269 e. The number of amides is 3. The van der Waals surface area contributed by atoms with Gasteiger partial charge in [-0.15, -0.1) is 0 Å². The van der Waals surface area contributed by atoms with Gasteiger partial charge in [0.2, 0.25) is 11.8 Å². The van der Waals surface area contributed by atoms with E-state index in [0.717, 1.165) is 0 Å². The Kier molecular flexibility index (Phi) is 7.65. The fraction of sp³-hybridized carbons (Fsp3) is 0.304. The third-order valence-electron chi connectivity index (χ3n) is 5.44. The van der Waals surface area contributed by atoms with Crippen LogP contribution in [0, 0.1) is 5.82 Å². The quantitative estimate of drug-likeness (QED) is 0.497. The van der Waals surface area contributed by atoms with Gasteiger partial charge in [0, 0.05) is 23.5 Å². The second-order valence-corrected chi connectivity index (χ2v) is 8.06. The number of carbonyl (C=O) groups is 3. The monoisotopic (exact) mass is 473 g/mol. The Morgan fingerprint density at radius 1 is 1.21 bits per heavy atom. The highest BCUT2D eigenvalue weighted by atomic mass is 35.5. The molecule has 2 aromatic carbocycles. The van der Waals surface area contributed by atoms with Gasteiger partial charge in [-0.3, -0.25) is 19.1 Å². The predicted molar refractivity (Wildman–Crippen MR) is 123 cm³/mol. The molecule has 1 unspecified atom stereocenters. The fourth-order valence-corrected chi connectivity index (χ4v) is 3.64. The topological polar surface area (TPSA) is 110 Å². The average Bonchev–Trinajstić information content (AvgIpc) is 3.16. The molecule has 0 saturated carbocycles. The van der Waals surface area contributed by atoms with Crippen molar-refractivity contribution in [1.82, 2.24) is 20.0 Å². The Labute approximate surface area is 195 Å². The van der Waals surface area contributed by atoms with Gasteiger partial charge in [0.15, 0.2) is 5.69 Å². The van der Waals surface area contributed by atoms with E-state index in [0.29, 0.717) is 17.3 Å². The van der Waals surface area contributed by atoms with Crippen LogP contribution in [0.25, 0.3) is 10.9 Å². The maximum atomic E-state index is 14.1. The molecule has 3 amide bonds. The molecule has 0 fully saturated rings. The second kappa shape index (κ2) is 10.4. The molecule has 0 aliphatic carbocycles. The molecule has 8 nitrogen and oxygen atoms in total. The molecule has 0 radical (unpaired) electrons. The first kappa shape index (κ1) is 24.2. The summed E-state index contributed by atoms with van der Waals surface area (Å²) in [6.45, 7) is 3.29. The van der Waals surface area contributed by atoms with Gasteiger partial charge in [-0.2, -0.15) is 5.10 Å². The van der Waals surface area contributed by atoms with Crippen molar-refractivity contribution in [2.24, 2.45) is 5.73 Å². The van der Waals surface area contributed by atoms with Crippen molar-refractivity contribution in [3.8, 4) is 0 Å².